The summed E-state index contributed by atoms with van der Waals surface area (Å²) in [6.07, 6.45) is 0. The molecular weight excluding hydrogens is 250 g/mol. The molecule has 72 valence electrons. The minimum Gasteiger partial charge on any atom is -0.350 e. The predicted octanol–water partition coefficient (Wildman–Crippen LogP) is 2.46. The van der Waals surface area contributed by atoms with Crippen LogP contribution in [-0.4, -0.2) is 10.7 Å². The highest BCUT2D eigenvalue weighted by molar-refractivity contribution is 9.10. The Labute approximate surface area is 90.5 Å². The SMILES string of the molecule is Cc1ccc(CNC(=O)C(C)Br)s1. The number of alkyl halides is 1. The van der Waals surface area contributed by atoms with Gasteiger partial charge in [0.25, 0.3) is 0 Å². The zero-order valence-corrected chi connectivity index (χ0v) is 10.0. The van der Waals surface area contributed by atoms with Gasteiger partial charge in [0.1, 0.15) is 0 Å². The molecule has 1 aromatic rings. The van der Waals surface area contributed by atoms with Gasteiger partial charge in [-0.05, 0) is 26.0 Å². The van der Waals surface area contributed by atoms with E-state index in [0.717, 1.165) is 0 Å². The summed E-state index contributed by atoms with van der Waals surface area (Å²) in [5.41, 5.74) is 0. The summed E-state index contributed by atoms with van der Waals surface area (Å²) in [7, 11) is 0. The van der Waals surface area contributed by atoms with Gasteiger partial charge < -0.3 is 5.32 Å². The van der Waals surface area contributed by atoms with E-state index >= 15 is 0 Å². The molecule has 0 aliphatic heterocycles. The number of nitrogens with one attached hydrogen (secondary N) is 1. The third kappa shape index (κ3) is 3.48. The Morgan fingerprint density at radius 1 is 1.69 bits per heavy atom. The molecular formula is C9H12BrNOS. The molecule has 1 atom stereocenters. The third-order valence-corrected chi connectivity index (χ3v) is 3.01. The van der Waals surface area contributed by atoms with Gasteiger partial charge >= 0.3 is 0 Å². The van der Waals surface area contributed by atoms with Gasteiger partial charge in [-0.3, -0.25) is 4.79 Å². The molecule has 13 heavy (non-hydrogen) atoms. The second kappa shape index (κ2) is 4.77. The molecule has 0 spiro atoms. The van der Waals surface area contributed by atoms with E-state index in [-0.39, 0.29) is 10.7 Å². The average molecular weight is 262 g/mol. The van der Waals surface area contributed by atoms with E-state index < -0.39 is 0 Å². The van der Waals surface area contributed by atoms with Crippen LogP contribution in [0.4, 0.5) is 0 Å². The first-order chi connectivity index (χ1) is 6.09. The highest BCUT2D eigenvalue weighted by Crippen LogP contribution is 2.14. The number of hydrogen-bond acceptors (Lipinski definition) is 2. The Morgan fingerprint density at radius 2 is 2.38 bits per heavy atom. The maximum Gasteiger partial charge on any atom is 0.233 e. The Balaban J connectivity index is 2.39. The normalized spacial score (nSPS) is 12.5. The largest absolute Gasteiger partial charge is 0.350 e. The van der Waals surface area contributed by atoms with Crippen LogP contribution in [0.1, 0.15) is 16.7 Å². The van der Waals surface area contributed by atoms with Crippen LogP contribution in [0.3, 0.4) is 0 Å². The van der Waals surface area contributed by atoms with Gasteiger partial charge in [-0.1, -0.05) is 15.9 Å². The molecule has 1 amide bonds. The molecule has 0 aliphatic rings. The molecule has 0 bridgehead atoms. The topological polar surface area (TPSA) is 29.1 Å². The fourth-order valence-electron chi connectivity index (χ4n) is 0.895. The molecule has 1 rings (SSSR count). The lowest BCUT2D eigenvalue weighted by molar-refractivity contribution is -0.120. The van der Waals surface area contributed by atoms with Crippen molar-refractivity contribution in [2.24, 2.45) is 0 Å². The first kappa shape index (κ1) is 10.7. The van der Waals surface area contributed by atoms with Crippen LogP contribution in [0.15, 0.2) is 12.1 Å². The molecule has 1 unspecified atom stereocenters. The van der Waals surface area contributed by atoms with Gasteiger partial charge in [0, 0.05) is 9.75 Å². The van der Waals surface area contributed by atoms with Crippen LogP contribution >= 0.6 is 27.3 Å². The fraction of sp³-hybridized carbons (Fsp3) is 0.444. The molecule has 0 aromatic carbocycles. The summed E-state index contributed by atoms with van der Waals surface area (Å²) < 4.78 is 0. The van der Waals surface area contributed by atoms with Crippen LogP contribution in [-0.2, 0) is 11.3 Å². The number of carbonyl (C=O) groups excluding carboxylic acids is 1. The molecule has 0 saturated heterocycles. The van der Waals surface area contributed by atoms with Gasteiger partial charge in [0.05, 0.1) is 11.4 Å². The smallest absolute Gasteiger partial charge is 0.233 e. The number of halogens is 1. The quantitative estimate of drug-likeness (QED) is 0.833. The number of carbonyl (C=O) groups is 1. The highest BCUT2D eigenvalue weighted by atomic mass is 79.9. The Kier molecular flexibility index (Phi) is 3.93. The molecule has 1 N–H and O–H groups in total. The van der Waals surface area contributed by atoms with E-state index in [1.54, 1.807) is 11.3 Å². The van der Waals surface area contributed by atoms with E-state index in [2.05, 4.69) is 34.2 Å². The van der Waals surface area contributed by atoms with E-state index in [4.69, 9.17) is 0 Å². The maximum atomic E-state index is 11.2. The lowest BCUT2D eigenvalue weighted by atomic mass is 10.4. The molecule has 2 nitrogen and oxygen atoms in total. The van der Waals surface area contributed by atoms with Crippen molar-refractivity contribution in [3.63, 3.8) is 0 Å². The fourth-order valence-corrected chi connectivity index (χ4v) is 1.89. The summed E-state index contributed by atoms with van der Waals surface area (Å²) in [6.45, 7) is 4.51. The van der Waals surface area contributed by atoms with Crippen molar-refractivity contribution < 1.29 is 4.79 Å². The zero-order chi connectivity index (χ0) is 9.84. The lowest BCUT2D eigenvalue weighted by Gasteiger charge is -2.04. The average Bonchev–Trinajstić information content (AvgIpc) is 2.47. The Morgan fingerprint density at radius 3 is 2.85 bits per heavy atom. The molecule has 0 fully saturated rings. The van der Waals surface area contributed by atoms with Crippen molar-refractivity contribution in [2.45, 2.75) is 25.2 Å². The first-order valence-corrected chi connectivity index (χ1v) is 5.80. The van der Waals surface area contributed by atoms with E-state index in [0.29, 0.717) is 6.54 Å². The van der Waals surface area contributed by atoms with Crippen LogP contribution in [0.25, 0.3) is 0 Å². The molecule has 0 saturated carbocycles. The Hall–Kier alpha value is -0.350. The summed E-state index contributed by atoms with van der Waals surface area (Å²) in [5, 5.41) is 2.84. The van der Waals surface area contributed by atoms with Crippen molar-refractivity contribution in [1.29, 1.82) is 0 Å². The predicted molar refractivity (Wildman–Crippen MR) is 59.3 cm³/mol. The van der Waals surface area contributed by atoms with Crippen molar-refractivity contribution in [1.82, 2.24) is 5.32 Å². The van der Waals surface area contributed by atoms with E-state index in [1.807, 2.05) is 13.0 Å². The number of aryl methyl sites for hydroxylation is 1. The maximum absolute atomic E-state index is 11.2. The molecule has 0 radical (unpaired) electrons. The standard InChI is InChI=1S/C9H12BrNOS/c1-6-3-4-8(13-6)5-11-9(12)7(2)10/h3-4,7H,5H2,1-2H3,(H,11,12). The van der Waals surface area contributed by atoms with Crippen LogP contribution in [0.2, 0.25) is 0 Å². The zero-order valence-electron chi connectivity index (χ0n) is 7.63. The molecule has 1 heterocycles. The van der Waals surface area contributed by atoms with Crippen molar-refractivity contribution in [3.05, 3.63) is 21.9 Å². The summed E-state index contributed by atoms with van der Waals surface area (Å²) in [4.78, 5) is 13.5. The van der Waals surface area contributed by atoms with Crippen molar-refractivity contribution in [3.8, 4) is 0 Å². The van der Waals surface area contributed by atoms with Gasteiger partial charge in [0.2, 0.25) is 5.91 Å². The molecule has 4 heteroatoms. The van der Waals surface area contributed by atoms with Crippen LogP contribution in [0, 0.1) is 6.92 Å². The molecule has 0 aliphatic carbocycles. The first-order valence-electron chi connectivity index (χ1n) is 4.06. The van der Waals surface area contributed by atoms with Gasteiger partial charge in [-0.2, -0.15) is 0 Å². The number of amides is 1. The van der Waals surface area contributed by atoms with Gasteiger partial charge in [0.15, 0.2) is 0 Å². The summed E-state index contributed by atoms with van der Waals surface area (Å²) in [6, 6.07) is 4.10. The van der Waals surface area contributed by atoms with E-state index in [9.17, 15) is 4.79 Å². The minimum atomic E-state index is -0.117. The van der Waals surface area contributed by atoms with Crippen LogP contribution < -0.4 is 5.32 Å². The molecule has 1 aromatic heterocycles. The monoisotopic (exact) mass is 261 g/mol. The lowest BCUT2D eigenvalue weighted by Crippen LogP contribution is -2.28. The second-order valence-electron chi connectivity index (χ2n) is 2.85. The Bertz CT molecular complexity index is 296. The van der Waals surface area contributed by atoms with Gasteiger partial charge in [-0.15, -0.1) is 11.3 Å². The number of rotatable bonds is 3. The summed E-state index contributed by atoms with van der Waals surface area (Å²) >= 11 is 4.92. The van der Waals surface area contributed by atoms with Crippen molar-refractivity contribution in [2.75, 3.05) is 0 Å². The number of thiophene rings is 1. The van der Waals surface area contributed by atoms with Crippen molar-refractivity contribution >= 4 is 33.2 Å². The minimum absolute atomic E-state index is 0.0334. The second-order valence-corrected chi connectivity index (χ2v) is 5.59. The third-order valence-electron chi connectivity index (χ3n) is 1.59. The van der Waals surface area contributed by atoms with Crippen LogP contribution in [0.5, 0.6) is 0 Å². The summed E-state index contributed by atoms with van der Waals surface area (Å²) in [5.74, 6) is 0.0334. The highest BCUT2D eigenvalue weighted by Gasteiger charge is 2.07. The number of hydrogen-bond donors (Lipinski definition) is 1. The van der Waals surface area contributed by atoms with E-state index in [1.165, 1.54) is 9.75 Å². The van der Waals surface area contributed by atoms with Gasteiger partial charge in [-0.25, -0.2) is 0 Å².